The Kier molecular flexibility index (Phi) is 6.82. The molecular formula is C15H28N2O3. The minimum atomic E-state index is -0.830. The van der Waals surface area contributed by atoms with Gasteiger partial charge in [0.2, 0.25) is 0 Å². The highest BCUT2D eigenvalue weighted by atomic mass is 16.4. The topological polar surface area (TPSA) is 69.6 Å². The lowest BCUT2D eigenvalue weighted by molar-refractivity contribution is -0.139. The molecule has 0 aromatic rings. The Morgan fingerprint density at radius 2 is 1.85 bits per heavy atom. The van der Waals surface area contributed by atoms with Crippen LogP contribution >= 0.6 is 0 Å². The predicted octanol–water partition coefficient (Wildman–Crippen LogP) is 3.00. The maximum atomic E-state index is 12.4. The summed E-state index contributed by atoms with van der Waals surface area (Å²) in [7, 11) is 0. The van der Waals surface area contributed by atoms with Crippen LogP contribution in [0.25, 0.3) is 0 Å². The molecule has 0 spiro atoms. The number of carboxylic acids is 1. The second kappa shape index (κ2) is 8.12. The molecule has 0 aliphatic heterocycles. The predicted molar refractivity (Wildman–Crippen MR) is 78.8 cm³/mol. The average Bonchev–Trinajstić information content (AvgIpc) is 2.39. The van der Waals surface area contributed by atoms with Crippen molar-refractivity contribution in [2.24, 2.45) is 0 Å². The van der Waals surface area contributed by atoms with Crippen LogP contribution in [0.1, 0.15) is 65.2 Å². The van der Waals surface area contributed by atoms with Gasteiger partial charge >= 0.3 is 12.0 Å². The summed E-state index contributed by atoms with van der Waals surface area (Å²) in [4.78, 5) is 25.2. The van der Waals surface area contributed by atoms with Gasteiger partial charge in [-0.3, -0.25) is 4.79 Å². The van der Waals surface area contributed by atoms with Crippen molar-refractivity contribution in [1.82, 2.24) is 10.2 Å². The zero-order chi connectivity index (χ0) is 15.0. The van der Waals surface area contributed by atoms with Crippen LogP contribution in [0.4, 0.5) is 4.79 Å². The summed E-state index contributed by atoms with van der Waals surface area (Å²) >= 11 is 0. The molecule has 1 aliphatic carbocycles. The van der Waals surface area contributed by atoms with Gasteiger partial charge in [0.05, 0.1) is 12.0 Å². The van der Waals surface area contributed by atoms with Crippen molar-refractivity contribution in [3.8, 4) is 0 Å². The van der Waals surface area contributed by atoms with Gasteiger partial charge in [-0.25, -0.2) is 4.79 Å². The standard InChI is InChI=1S/C15H28N2O3/c1-3-5-11-17(4-2)14(20)16-15(12-13(18)19)9-7-6-8-10-15/h3-12H2,1-2H3,(H,16,20)(H,18,19). The molecule has 0 bridgehead atoms. The maximum absolute atomic E-state index is 12.4. The van der Waals surface area contributed by atoms with E-state index >= 15 is 0 Å². The van der Waals surface area contributed by atoms with Crippen molar-refractivity contribution in [2.75, 3.05) is 13.1 Å². The number of carbonyl (C=O) groups is 2. The monoisotopic (exact) mass is 284 g/mol. The molecule has 1 saturated carbocycles. The normalized spacial score (nSPS) is 17.5. The van der Waals surface area contributed by atoms with E-state index in [-0.39, 0.29) is 12.5 Å². The molecule has 1 rings (SSSR count). The fourth-order valence-electron chi connectivity index (χ4n) is 2.92. The third-order valence-electron chi connectivity index (χ3n) is 4.12. The fraction of sp³-hybridized carbons (Fsp3) is 0.867. The fourth-order valence-corrected chi connectivity index (χ4v) is 2.92. The number of carboxylic acid groups (broad SMARTS) is 1. The summed E-state index contributed by atoms with van der Waals surface area (Å²) < 4.78 is 0. The molecule has 116 valence electrons. The Morgan fingerprint density at radius 3 is 2.35 bits per heavy atom. The van der Waals surface area contributed by atoms with E-state index in [2.05, 4.69) is 12.2 Å². The third-order valence-corrected chi connectivity index (χ3v) is 4.12. The Balaban J connectivity index is 2.67. The van der Waals surface area contributed by atoms with Crippen molar-refractivity contribution in [3.63, 3.8) is 0 Å². The Labute approximate surface area is 121 Å². The zero-order valence-corrected chi connectivity index (χ0v) is 12.8. The van der Waals surface area contributed by atoms with Crippen LogP contribution in [0, 0.1) is 0 Å². The van der Waals surface area contributed by atoms with E-state index < -0.39 is 11.5 Å². The average molecular weight is 284 g/mol. The van der Waals surface area contributed by atoms with Crippen molar-refractivity contribution >= 4 is 12.0 Å². The van der Waals surface area contributed by atoms with E-state index in [1.165, 1.54) is 0 Å². The zero-order valence-electron chi connectivity index (χ0n) is 12.8. The van der Waals surface area contributed by atoms with E-state index in [4.69, 9.17) is 5.11 Å². The lowest BCUT2D eigenvalue weighted by Crippen LogP contribution is -2.55. The first-order valence-corrected chi connectivity index (χ1v) is 7.82. The number of amides is 2. The summed E-state index contributed by atoms with van der Waals surface area (Å²) in [5.74, 6) is -0.830. The summed E-state index contributed by atoms with van der Waals surface area (Å²) in [6, 6.07) is -0.107. The molecule has 5 nitrogen and oxygen atoms in total. The largest absolute Gasteiger partial charge is 0.481 e. The maximum Gasteiger partial charge on any atom is 0.317 e. The Hall–Kier alpha value is -1.26. The molecule has 0 saturated heterocycles. The van der Waals surface area contributed by atoms with Crippen LogP contribution in [0.5, 0.6) is 0 Å². The van der Waals surface area contributed by atoms with Crippen LogP contribution in [-0.2, 0) is 4.79 Å². The first kappa shape index (κ1) is 16.8. The first-order chi connectivity index (χ1) is 9.53. The van der Waals surface area contributed by atoms with Crippen molar-refractivity contribution in [1.29, 1.82) is 0 Å². The highest BCUT2D eigenvalue weighted by molar-refractivity contribution is 5.77. The number of hydrogen-bond acceptors (Lipinski definition) is 2. The summed E-state index contributed by atoms with van der Waals surface area (Å²) in [5, 5.41) is 12.1. The molecule has 0 radical (unpaired) electrons. The smallest absolute Gasteiger partial charge is 0.317 e. The van der Waals surface area contributed by atoms with Crippen molar-refractivity contribution < 1.29 is 14.7 Å². The highest BCUT2D eigenvalue weighted by Crippen LogP contribution is 2.31. The van der Waals surface area contributed by atoms with Crippen LogP contribution in [0.3, 0.4) is 0 Å². The van der Waals surface area contributed by atoms with Gasteiger partial charge in [0.15, 0.2) is 0 Å². The van der Waals surface area contributed by atoms with Gasteiger partial charge in [0, 0.05) is 13.1 Å². The first-order valence-electron chi connectivity index (χ1n) is 7.82. The van der Waals surface area contributed by atoms with Crippen LogP contribution in [0.2, 0.25) is 0 Å². The van der Waals surface area contributed by atoms with E-state index in [9.17, 15) is 9.59 Å². The van der Waals surface area contributed by atoms with Gasteiger partial charge < -0.3 is 15.3 Å². The molecule has 0 aromatic heterocycles. The highest BCUT2D eigenvalue weighted by Gasteiger charge is 2.36. The second-order valence-electron chi connectivity index (χ2n) is 5.77. The van der Waals surface area contributed by atoms with Crippen LogP contribution < -0.4 is 5.32 Å². The van der Waals surface area contributed by atoms with E-state index in [0.29, 0.717) is 6.54 Å². The molecular weight excluding hydrogens is 256 g/mol. The van der Waals surface area contributed by atoms with Gasteiger partial charge in [-0.2, -0.15) is 0 Å². The van der Waals surface area contributed by atoms with Gasteiger partial charge in [0.25, 0.3) is 0 Å². The van der Waals surface area contributed by atoms with Gasteiger partial charge in [0.1, 0.15) is 0 Å². The molecule has 0 heterocycles. The summed E-state index contributed by atoms with van der Waals surface area (Å²) in [5.41, 5.74) is -0.541. The number of nitrogens with one attached hydrogen (secondary N) is 1. The molecule has 1 fully saturated rings. The summed E-state index contributed by atoms with van der Waals surface area (Å²) in [6.45, 7) is 5.45. The van der Waals surface area contributed by atoms with E-state index in [1.54, 1.807) is 4.90 Å². The number of urea groups is 1. The molecule has 20 heavy (non-hydrogen) atoms. The van der Waals surface area contributed by atoms with Gasteiger partial charge in [-0.15, -0.1) is 0 Å². The molecule has 0 atom stereocenters. The van der Waals surface area contributed by atoms with E-state index in [1.807, 2.05) is 6.92 Å². The lowest BCUT2D eigenvalue weighted by atomic mass is 9.79. The Bertz CT molecular complexity index is 325. The number of nitrogens with zero attached hydrogens (tertiary/aromatic N) is 1. The van der Waals surface area contributed by atoms with E-state index in [0.717, 1.165) is 51.5 Å². The number of rotatable bonds is 7. The Morgan fingerprint density at radius 1 is 1.20 bits per heavy atom. The molecule has 2 amide bonds. The van der Waals surface area contributed by atoms with Gasteiger partial charge in [-0.1, -0.05) is 32.6 Å². The number of aliphatic carboxylic acids is 1. The molecule has 2 N–H and O–H groups in total. The third kappa shape index (κ3) is 5.02. The quantitative estimate of drug-likeness (QED) is 0.755. The second-order valence-corrected chi connectivity index (χ2v) is 5.77. The minimum absolute atomic E-state index is 0.0318. The lowest BCUT2D eigenvalue weighted by Gasteiger charge is -2.38. The number of unbranched alkanes of at least 4 members (excludes halogenated alkanes) is 1. The molecule has 0 unspecified atom stereocenters. The van der Waals surface area contributed by atoms with Crippen molar-refractivity contribution in [3.05, 3.63) is 0 Å². The number of hydrogen-bond donors (Lipinski definition) is 2. The van der Waals surface area contributed by atoms with Crippen molar-refractivity contribution in [2.45, 2.75) is 70.8 Å². The summed E-state index contributed by atoms with van der Waals surface area (Å²) in [6.07, 6.45) is 6.72. The molecule has 5 heteroatoms. The van der Waals surface area contributed by atoms with Crippen LogP contribution in [-0.4, -0.2) is 40.6 Å². The molecule has 0 aromatic carbocycles. The number of carbonyl (C=O) groups excluding carboxylic acids is 1. The molecule has 1 aliphatic rings. The SMILES string of the molecule is CCCCN(CC)C(=O)NC1(CC(=O)O)CCCCC1. The van der Waals surface area contributed by atoms with Crippen LogP contribution in [0.15, 0.2) is 0 Å². The van der Waals surface area contributed by atoms with Gasteiger partial charge in [-0.05, 0) is 26.2 Å². The minimum Gasteiger partial charge on any atom is -0.481 e.